The first kappa shape index (κ1) is 13.2. The number of hydrogen-bond donors (Lipinski definition) is 1. The highest BCUT2D eigenvalue weighted by atomic mass is 35.5. The smallest absolute Gasteiger partial charge is 0.274 e. The second-order valence-electron chi connectivity index (χ2n) is 3.50. The van der Waals surface area contributed by atoms with Crippen LogP contribution in [-0.4, -0.2) is 27.9 Å². The molecule has 1 aromatic rings. The molecule has 0 atom stereocenters. The van der Waals surface area contributed by atoms with E-state index in [0.29, 0.717) is 12.4 Å². The van der Waals surface area contributed by atoms with Crippen LogP contribution >= 0.6 is 12.4 Å². The number of rotatable bonds is 3. The molecule has 1 fully saturated rings. The summed E-state index contributed by atoms with van der Waals surface area (Å²) < 4.78 is 0. The first-order valence-electron chi connectivity index (χ1n) is 4.99. The van der Waals surface area contributed by atoms with E-state index < -0.39 is 4.92 Å². The molecule has 1 aliphatic heterocycles. The Labute approximate surface area is 105 Å². The highest BCUT2D eigenvalue weighted by Crippen LogP contribution is 2.12. The number of nitro groups is 1. The average molecular weight is 257 g/mol. The van der Waals surface area contributed by atoms with Crippen LogP contribution in [0.2, 0.25) is 0 Å². The molecule has 0 spiro atoms. The van der Waals surface area contributed by atoms with E-state index in [9.17, 15) is 10.1 Å². The number of pyridine rings is 1. The maximum absolute atomic E-state index is 10.4. The van der Waals surface area contributed by atoms with Crippen LogP contribution in [0.5, 0.6) is 0 Å². The van der Waals surface area contributed by atoms with Gasteiger partial charge in [0.2, 0.25) is 0 Å². The summed E-state index contributed by atoms with van der Waals surface area (Å²) >= 11 is 0. The van der Waals surface area contributed by atoms with E-state index in [0.717, 1.165) is 24.9 Å². The Kier molecular flexibility index (Phi) is 4.71. The highest BCUT2D eigenvalue weighted by molar-refractivity contribution is 5.85. The van der Waals surface area contributed by atoms with Crippen LogP contribution in [0.4, 0.5) is 0 Å². The van der Waals surface area contributed by atoms with Gasteiger partial charge in [0.25, 0.3) is 6.20 Å². The quantitative estimate of drug-likeness (QED) is 0.645. The van der Waals surface area contributed by atoms with Crippen LogP contribution in [0.25, 0.3) is 0 Å². The fraction of sp³-hybridized carbons (Fsp3) is 0.300. The van der Waals surface area contributed by atoms with Gasteiger partial charge in [0.05, 0.1) is 4.92 Å². The molecule has 7 heteroatoms. The summed E-state index contributed by atoms with van der Waals surface area (Å²) in [5.41, 5.74) is 1.09. The predicted molar refractivity (Wildman–Crippen MR) is 65.0 cm³/mol. The Morgan fingerprint density at radius 3 is 2.88 bits per heavy atom. The van der Waals surface area contributed by atoms with Crippen LogP contribution in [-0.2, 0) is 6.54 Å². The van der Waals surface area contributed by atoms with Gasteiger partial charge in [-0.1, -0.05) is 0 Å². The molecular formula is C10H13ClN4O2. The van der Waals surface area contributed by atoms with Crippen LogP contribution in [0, 0.1) is 10.1 Å². The fourth-order valence-electron chi connectivity index (χ4n) is 1.65. The van der Waals surface area contributed by atoms with Crippen molar-refractivity contribution in [1.82, 2.24) is 15.2 Å². The lowest BCUT2D eigenvalue weighted by Crippen LogP contribution is -2.20. The van der Waals surface area contributed by atoms with E-state index >= 15 is 0 Å². The summed E-state index contributed by atoms with van der Waals surface area (Å²) in [6.45, 7) is 2.18. The van der Waals surface area contributed by atoms with Crippen molar-refractivity contribution in [2.45, 2.75) is 6.54 Å². The molecule has 0 amide bonds. The van der Waals surface area contributed by atoms with Gasteiger partial charge in [0, 0.05) is 32.0 Å². The number of nitrogens with zero attached hydrogens (tertiary/aromatic N) is 3. The molecule has 1 N–H and O–H groups in total. The maximum Gasteiger partial charge on any atom is 0.274 e. The Balaban J connectivity index is 0.00000144. The molecule has 1 aromatic heterocycles. The minimum Gasteiger partial charge on any atom is -0.365 e. The molecule has 92 valence electrons. The number of aromatic nitrogens is 1. The van der Waals surface area contributed by atoms with E-state index in [4.69, 9.17) is 0 Å². The third-order valence-corrected chi connectivity index (χ3v) is 2.38. The van der Waals surface area contributed by atoms with E-state index in [1.165, 1.54) is 0 Å². The van der Waals surface area contributed by atoms with Crippen molar-refractivity contribution in [2.75, 3.05) is 13.1 Å². The number of nitrogens with one attached hydrogen (secondary N) is 1. The molecule has 6 nitrogen and oxygen atoms in total. The van der Waals surface area contributed by atoms with Crippen molar-refractivity contribution >= 4 is 12.4 Å². The van der Waals surface area contributed by atoms with Gasteiger partial charge in [-0.2, -0.15) is 0 Å². The van der Waals surface area contributed by atoms with Crippen molar-refractivity contribution in [3.8, 4) is 0 Å². The second kappa shape index (κ2) is 6.05. The first-order valence-corrected chi connectivity index (χ1v) is 4.99. The maximum atomic E-state index is 10.4. The zero-order valence-corrected chi connectivity index (χ0v) is 9.89. The minimum atomic E-state index is -0.437. The SMILES string of the molecule is Cl.O=[N+]([O-])/C=C1\NCCN1Cc1ccncc1. The topological polar surface area (TPSA) is 71.3 Å². The van der Waals surface area contributed by atoms with Gasteiger partial charge < -0.3 is 10.2 Å². The van der Waals surface area contributed by atoms with Crippen molar-refractivity contribution < 1.29 is 4.92 Å². The fourth-order valence-corrected chi connectivity index (χ4v) is 1.65. The molecule has 0 bridgehead atoms. The van der Waals surface area contributed by atoms with Gasteiger partial charge in [-0.05, 0) is 17.7 Å². The summed E-state index contributed by atoms with van der Waals surface area (Å²) in [7, 11) is 0. The van der Waals surface area contributed by atoms with Crippen LogP contribution in [0.3, 0.4) is 0 Å². The highest BCUT2D eigenvalue weighted by Gasteiger charge is 2.19. The Morgan fingerprint density at radius 1 is 1.53 bits per heavy atom. The van der Waals surface area contributed by atoms with Crippen LogP contribution in [0.1, 0.15) is 5.56 Å². The third kappa shape index (κ3) is 3.60. The van der Waals surface area contributed by atoms with E-state index in [2.05, 4.69) is 10.3 Å². The largest absolute Gasteiger partial charge is 0.365 e. The Hall–Kier alpha value is -1.82. The summed E-state index contributed by atoms with van der Waals surface area (Å²) in [4.78, 5) is 15.8. The summed E-state index contributed by atoms with van der Waals surface area (Å²) in [6.07, 6.45) is 4.44. The lowest BCUT2D eigenvalue weighted by Gasteiger charge is -2.16. The van der Waals surface area contributed by atoms with Crippen molar-refractivity contribution in [2.24, 2.45) is 0 Å². The van der Waals surface area contributed by atoms with Gasteiger partial charge in [-0.25, -0.2) is 0 Å². The molecule has 1 saturated heterocycles. The number of hydrogen-bond acceptors (Lipinski definition) is 5. The first-order chi connectivity index (χ1) is 7.75. The van der Waals surface area contributed by atoms with Gasteiger partial charge in [0.1, 0.15) is 0 Å². The molecule has 2 rings (SSSR count). The molecule has 17 heavy (non-hydrogen) atoms. The monoisotopic (exact) mass is 256 g/mol. The molecule has 0 aliphatic carbocycles. The standard InChI is InChI=1S/C10H12N4O2.ClH/c15-14(16)8-10-12-5-6-13(10)7-9-1-3-11-4-2-9;/h1-4,8,12H,5-7H2;1H/b10-8+;. The molecule has 0 aromatic carbocycles. The normalized spacial score (nSPS) is 16.5. The Bertz CT molecular complexity index is 410. The predicted octanol–water partition coefficient (Wildman–Crippen LogP) is 0.984. The molecule has 0 saturated carbocycles. The van der Waals surface area contributed by atoms with E-state index in [-0.39, 0.29) is 12.4 Å². The van der Waals surface area contributed by atoms with E-state index in [1.54, 1.807) is 12.4 Å². The second-order valence-corrected chi connectivity index (χ2v) is 3.50. The van der Waals surface area contributed by atoms with Crippen molar-refractivity contribution in [3.05, 3.63) is 52.2 Å². The average Bonchev–Trinajstić information content (AvgIpc) is 2.66. The van der Waals surface area contributed by atoms with Crippen LogP contribution in [0.15, 0.2) is 36.5 Å². The number of halogens is 1. The van der Waals surface area contributed by atoms with Crippen molar-refractivity contribution in [3.63, 3.8) is 0 Å². The summed E-state index contributed by atoms with van der Waals surface area (Å²) in [5, 5.41) is 13.4. The summed E-state index contributed by atoms with van der Waals surface area (Å²) in [5.74, 6) is 0.571. The molecule has 0 unspecified atom stereocenters. The zero-order valence-electron chi connectivity index (χ0n) is 9.07. The van der Waals surface area contributed by atoms with E-state index in [1.807, 2.05) is 17.0 Å². The van der Waals surface area contributed by atoms with Gasteiger partial charge >= 0.3 is 0 Å². The lowest BCUT2D eigenvalue weighted by atomic mass is 10.2. The van der Waals surface area contributed by atoms with Gasteiger partial charge in [-0.3, -0.25) is 15.1 Å². The third-order valence-electron chi connectivity index (χ3n) is 2.38. The minimum absolute atomic E-state index is 0. The van der Waals surface area contributed by atoms with Gasteiger partial charge in [-0.15, -0.1) is 12.4 Å². The zero-order chi connectivity index (χ0) is 11.4. The van der Waals surface area contributed by atoms with Crippen molar-refractivity contribution in [1.29, 1.82) is 0 Å². The molecule has 1 aliphatic rings. The Morgan fingerprint density at radius 2 is 2.24 bits per heavy atom. The molecule has 0 radical (unpaired) electrons. The van der Waals surface area contributed by atoms with Crippen LogP contribution < -0.4 is 5.32 Å². The molecule has 2 heterocycles. The summed E-state index contributed by atoms with van der Waals surface area (Å²) in [6, 6.07) is 3.81. The van der Waals surface area contributed by atoms with Gasteiger partial charge in [0.15, 0.2) is 5.82 Å². The lowest BCUT2D eigenvalue weighted by molar-refractivity contribution is -0.404. The molecular weight excluding hydrogens is 244 g/mol.